The van der Waals surface area contributed by atoms with Crippen molar-refractivity contribution >= 4 is 51.5 Å². The molecular formula is C54H82N6O13S. The van der Waals surface area contributed by atoms with Gasteiger partial charge in [-0.15, -0.1) is 5.06 Å². The number of nitrogens with one attached hydrogen (secondary N) is 2. The minimum Gasteiger partial charge on any atom is -0.379 e. The zero-order valence-electron chi connectivity index (χ0n) is 45.3. The molecule has 74 heavy (non-hydrogen) atoms. The largest absolute Gasteiger partial charge is 0.379 e. The Morgan fingerprint density at radius 1 is 0.838 bits per heavy atom. The van der Waals surface area contributed by atoms with Crippen LogP contribution in [-0.2, 0) is 70.8 Å². The minimum absolute atomic E-state index is 0.00620. The van der Waals surface area contributed by atoms with Crippen LogP contribution < -0.4 is 10.6 Å². The molecule has 2 fully saturated rings. The molecule has 0 aliphatic carbocycles. The maximum atomic E-state index is 14.7. The molecule has 2 aromatic rings. The lowest BCUT2D eigenvalue weighted by Gasteiger charge is -2.41. The summed E-state index contributed by atoms with van der Waals surface area (Å²) < 4.78 is 44.8. The Balaban J connectivity index is 1.44. The summed E-state index contributed by atoms with van der Waals surface area (Å²) in [6.45, 7) is 14.0. The summed E-state index contributed by atoms with van der Waals surface area (Å²) in [6, 6.07) is 12.9. The molecule has 19 nitrogen and oxygen atoms in total. The van der Waals surface area contributed by atoms with Crippen LogP contribution in [-0.4, -0.2) is 158 Å². The highest BCUT2D eigenvalue weighted by atomic mass is 32.2. The molecule has 2 saturated heterocycles. The smallest absolute Gasteiger partial charge is 0.333 e. The number of hydrogen-bond donors (Lipinski definition) is 3. The summed E-state index contributed by atoms with van der Waals surface area (Å²) >= 11 is 0. The molecule has 2 aliphatic heterocycles. The third kappa shape index (κ3) is 16.9. The molecular weight excluding hydrogens is 973 g/mol. The summed E-state index contributed by atoms with van der Waals surface area (Å²) in [4.78, 5) is 104. The fourth-order valence-electron chi connectivity index (χ4n) is 10.3. The van der Waals surface area contributed by atoms with Crippen LogP contribution in [0.15, 0.2) is 59.5 Å². The van der Waals surface area contributed by atoms with Crippen LogP contribution >= 0.6 is 0 Å². The number of carbonyl (C=O) groups is 7. The molecule has 20 heteroatoms. The fourth-order valence-corrected chi connectivity index (χ4v) is 10.8. The Bertz CT molecular complexity index is 2300. The fraction of sp³-hybridized carbons (Fsp3) is 0.648. The number of hydroxylamine groups is 2. The van der Waals surface area contributed by atoms with Crippen molar-refractivity contribution in [1.29, 1.82) is 0 Å². The molecule has 6 amide bonds. The predicted molar refractivity (Wildman–Crippen MR) is 277 cm³/mol. The van der Waals surface area contributed by atoms with E-state index in [2.05, 4.69) is 10.6 Å². The van der Waals surface area contributed by atoms with Crippen LogP contribution in [0.25, 0.3) is 0 Å². The van der Waals surface area contributed by atoms with E-state index in [1.54, 1.807) is 55.0 Å². The van der Waals surface area contributed by atoms with E-state index in [1.807, 2.05) is 71.9 Å². The zero-order valence-corrected chi connectivity index (χ0v) is 46.1. The number of amides is 6. The van der Waals surface area contributed by atoms with Gasteiger partial charge in [0.25, 0.3) is 21.9 Å². The lowest BCUT2D eigenvalue weighted by molar-refractivity contribution is -0.197. The lowest BCUT2D eigenvalue weighted by atomic mass is 9.89. The van der Waals surface area contributed by atoms with Gasteiger partial charge in [0, 0.05) is 53.1 Å². The highest BCUT2D eigenvalue weighted by molar-refractivity contribution is 7.85. The van der Waals surface area contributed by atoms with Crippen LogP contribution in [0.3, 0.4) is 0 Å². The normalized spacial score (nSPS) is 18.4. The number of hydrogen-bond acceptors (Lipinski definition) is 13. The van der Waals surface area contributed by atoms with E-state index < -0.39 is 70.2 Å². The van der Waals surface area contributed by atoms with Gasteiger partial charge in [-0.25, -0.2) is 4.79 Å². The van der Waals surface area contributed by atoms with Crippen molar-refractivity contribution in [3.05, 3.63) is 65.7 Å². The summed E-state index contributed by atoms with van der Waals surface area (Å²) in [5, 5.41) is 6.78. The van der Waals surface area contributed by atoms with E-state index in [1.165, 1.54) is 19.2 Å². The molecule has 2 aliphatic rings. The Labute approximate surface area is 438 Å². The number of aryl methyl sites for hydroxylation is 1. The molecule has 0 saturated carbocycles. The zero-order chi connectivity index (χ0) is 55.0. The van der Waals surface area contributed by atoms with Crippen LogP contribution in [0.1, 0.15) is 117 Å². The third-order valence-corrected chi connectivity index (χ3v) is 15.5. The molecule has 2 aromatic carbocycles. The van der Waals surface area contributed by atoms with Gasteiger partial charge in [-0.1, -0.05) is 97.4 Å². The number of nitrogens with zero attached hydrogens (tertiary/aromatic N) is 4. The Morgan fingerprint density at radius 2 is 1.47 bits per heavy atom. The molecule has 0 radical (unpaired) electrons. The SMILES string of the molecule is CCC(C)C(C(CC(=O)N1CCC[C@H]1C(OC)C(C)C(=O)NC(CCc1ccc(S(=O)(=O)O)cc1)Cc1ccccc1)OC)N(C)C(=O)C(NC(=O)C(C(C)C)N(C)CCCC(=O)ON1C(=O)CCC1=O)C(C)C. The topological polar surface area (TPSA) is 239 Å². The van der Waals surface area contributed by atoms with Crippen LogP contribution in [0.2, 0.25) is 0 Å². The monoisotopic (exact) mass is 1050 g/mol. The molecule has 4 rings (SSSR count). The van der Waals surface area contributed by atoms with E-state index in [4.69, 9.17) is 14.3 Å². The molecule has 0 spiro atoms. The lowest BCUT2D eigenvalue weighted by Crippen LogP contribution is -2.60. The van der Waals surface area contributed by atoms with E-state index in [0.717, 1.165) is 11.1 Å². The van der Waals surface area contributed by atoms with Gasteiger partial charge in [0.05, 0.1) is 47.6 Å². The second kappa shape index (κ2) is 28.6. The number of likely N-dealkylation sites (N-methyl/N-ethyl adjacent to an activating group) is 2. The molecule has 412 valence electrons. The Hall–Kier alpha value is -5.28. The molecule has 9 atom stereocenters. The summed E-state index contributed by atoms with van der Waals surface area (Å²) in [5.41, 5.74) is 1.86. The van der Waals surface area contributed by atoms with Gasteiger partial charge in [0.1, 0.15) is 6.04 Å². The highest BCUT2D eigenvalue weighted by Crippen LogP contribution is 2.30. The molecule has 2 heterocycles. The average Bonchev–Trinajstić information content (AvgIpc) is 3.97. The van der Waals surface area contributed by atoms with Gasteiger partial charge >= 0.3 is 5.97 Å². The molecule has 3 N–H and O–H groups in total. The molecule has 0 bridgehead atoms. The van der Waals surface area contributed by atoms with Gasteiger partial charge in [-0.2, -0.15) is 8.42 Å². The summed E-state index contributed by atoms with van der Waals surface area (Å²) in [5.74, 6) is -4.30. The number of ether oxygens (including phenoxy) is 2. The van der Waals surface area contributed by atoms with Gasteiger partial charge in [-0.3, -0.25) is 38.2 Å². The van der Waals surface area contributed by atoms with Crippen molar-refractivity contribution < 1.29 is 60.8 Å². The number of methoxy groups -OCH3 is 2. The van der Waals surface area contributed by atoms with Gasteiger partial charge in [0.15, 0.2) is 0 Å². The number of likely N-dealkylation sites (tertiary alicyclic amines) is 1. The molecule has 8 unspecified atom stereocenters. The maximum Gasteiger partial charge on any atom is 0.333 e. The van der Waals surface area contributed by atoms with Crippen molar-refractivity contribution in [2.75, 3.05) is 41.4 Å². The number of benzene rings is 2. The van der Waals surface area contributed by atoms with E-state index in [0.29, 0.717) is 56.7 Å². The predicted octanol–water partition coefficient (Wildman–Crippen LogP) is 5.00. The van der Waals surface area contributed by atoms with Crippen molar-refractivity contribution in [3.63, 3.8) is 0 Å². The van der Waals surface area contributed by atoms with E-state index in [-0.39, 0.29) is 84.4 Å². The van der Waals surface area contributed by atoms with Crippen LogP contribution in [0.5, 0.6) is 0 Å². The quantitative estimate of drug-likeness (QED) is 0.0719. The first-order valence-electron chi connectivity index (χ1n) is 26.0. The first kappa shape index (κ1) is 61.3. The number of carbonyl (C=O) groups excluding carboxylic acids is 7. The van der Waals surface area contributed by atoms with E-state index >= 15 is 0 Å². The van der Waals surface area contributed by atoms with Gasteiger partial charge in [-0.05, 0) is 93.1 Å². The number of imide groups is 1. The third-order valence-electron chi connectivity index (χ3n) is 14.6. The summed E-state index contributed by atoms with van der Waals surface area (Å²) in [7, 11) is 2.16. The first-order valence-corrected chi connectivity index (χ1v) is 27.5. The maximum absolute atomic E-state index is 14.7. The Kier molecular flexibility index (Phi) is 23.7. The molecule has 0 aromatic heterocycles. The highest BCUT2D eigenvalue weighted by Gasteiger charge is 2.43. The van der Waals surface area contributed by atoms with Gasteiger partial charge < -0.3 is 34.7 Å². The number of rotatable bonds is 29. The Morgan fingerprint density at radius 3 is 2.03 bits per heavy atom. The van der Waals surface area contributed by atoms with Crippen molar-refractivity contribution in [2.24, 2.45) is 23.7 Å². The standard InChI is InChI=1S/C54H82N6O13S/c1-12-36(6)50(58(9)54(67)48(34(2)3)56-53(66)49(35(4)5)57(8)30-17-21-47(64)73-60-44(61)28-29-45(60)62)43(71-10)33-46(63)59-31-16-20-42(59)51(72-11)37(7)52(65)55-40(32-39-18-14-13-15-19-39)25-22-38-23-26-41(27-24-38)74(68,69)70/h13-15,18-19,23-24,26-27,34-37,40,42-43,48-51H,12,16-17,20-22,25,28-33H2,1-11H3,(H,55,65)(H,56,66)(H,68,69,70)/t36?,37?,40?,42-,43?,48?,49?,50?,51?/m0/s1. The van der Waals surface area contributed by atoms with Crippen LogP contribution in [0, 0.1) is 23.7 Å². The second-order valence-corrected chi connectivity index (χ2v) is 22.1. The van der Waals surface area contributed by atoms with Crippen LogP contribution in [0.4, 0.5) is 0 Å². The second-order valence-electron chi connectivity index (χ2n) is 20.7. The van der Waals surface area contributed by atoms with Crippen molar-refractivity contribution in [2.45, 2.75) is 166 Å². The van der Waals surface area contributed by atoms with Crippen molar-refractivity contribution in [3.8, 4) is 0 Å². The van der Waals surface area contributed by atoms with E-state index in [9.17, 15) is 46.5 Å². The first-order chi connectivity index (χ1) is 34.9. The minimum atomic E-state index is -4.34. The summed E-state index contributed by atoms with van der Waals surface area (Å²) in [6.07, 6.45) is 2.31. The van der Waals surface area contributed by atoms with Crippen molar-refractivity contribution in [1.82, 2.24) is 30.4 Å². The van der Waals surface area contributed by atoms with Gasteiger partial charge in [0.2, 0.25) is 23.6 Å². The average molecular weight is 1060 g/mol.